The highest BCUT2D eigenvalue weighted by molar-refractivity contribution is 5.57. The van der Waals surface area contributed by atoms with Crippen LogP contribution in [0.15, 0.2) is 18.2 Å². The quantitative estimate of drug-likeness (QED) is 0.712. The molecule has 2 rings (SSSR count). The van der Waals surface area contributed by atoms with E-state index in [0.717, 1.165) is 6.42 Å². The Morgan fingerprint density at radius 3 is 2.80 bits per heavy atom. The molecule has 15 heavy (non-hydrogen) atoms. The Kier molecular flexibility index (Phi) is 2.99. The molecule has 0 atom stereocenters. The van der Waals surface area contributed by atoms with Gasteiger partial charge in [-0.1, -0.05) is 19.1 Å². The molecule has 82 valence electrons. The number of aryl methyl sites for hydroxylation is 2. The zero-order valence-corrected chi connectivity index (χ0v) is 10.1. The van der Waals surface area contributed by atoms with Crippen molar-refractivity contribution in [3.8, 4) is 0 Å². The topological polar surface area (TPSA) is 3.24 Å². The third-order valence-electron chi connectivity index (χ3n) is 3.33. The molecule has 1 nitrogen and oxygen atoms in total. The molecule has 0 N–H and O–H groups in total. The molecule has 0 bridgehead atoms. The van der Waals surface area contributed by atoms with Crippen molar-refractivity contribution < 1.29 is 0 Å². The van der Waals surface area contributed by atoms with Crippen LogP contribution in [0.1, 0.15) is 38.3 Å². The Hall–Kier alpha value is -0.980. The molecule has 1 heteroatoms. The minimum Gasteiger partial charge on any atom is -0.369 e. The first-order valence-electron chi connectivity index (χ1n) is 6.10. The molecule has 0 aliphatic carbocycles. The van der Waals surface area contributed by atoms with Crippen molar-refractivity contribution in [2.75, 3.05) is 11.4 Å². The Morgan fingerprint density at radius 1 is 1.33 bits per heavy atom. The van der Waals surface area contributed by atoms with Gasteiger partial charge in [0.25, 0.3) is 0 Å². The van der Waals surface area contributed by atoms with Crippen LogP contribution in [0.4, 0.5) is 5.69 Å². The number of rotatable bonds is 2. The summed E-state index contributed by atoms with van der Waals surface area (Å²) in [5, 5.41) is 0. The average Bonchev–Trinajstić information content (AvgIpc) is 2.27. The monoisotopic (exact) mass is 203 g/mol. The summed E-state index contributed by atoms with van der Waals surface area (Å²) < 4.78 is 0. The highest BCUT2D eigenvalue weighted by Gasteiger charge is 2.18. The molecular formula is C14H21N. The number of fused-ring (bicyclic) bond motifs is 1. The molecule has 0 aromatic heterocycles. The lowest BCUT2D eigenvalue weighted by molar-refractivity contribution is 0.625. The van der Waals surface area contributed by atoms with E-state index in [1.807, 2.05) is 0 Å². The van der Waals surface area contributed by atoms with E-state index < -0.39 is 0 Å². The molecule has 1 aromatic carbocycles. The van der Waals surface area contributed by atoms with Gasteiger partial charge in [0.05, 0.1) is 0 Å². The van der Waals surface area contributed by atoms with E-state index in [1.54, 1.807) is 5.56 Å². The third-order valence-corrected chi connectivity index (χ3v) is 3.33. The van der Waals surface area contributed by atoms with Gasteiger partial charge in [-0.25, -0.2) is 0 Å². The summed E-state index contributed by atoms with van der Waals surface area (Å²) in [5.41, 5.74) is 4.49. The van der Waals surface area contributed by atoms with Crippen LogP contribution in [0.5, 0.6) is 0 Å². The zero-order valence-electron chi connectivity index (χ0n) is 10.1. The molecule has 0 fully saturated rings. The van der Waals surface area contributed by atoms with E-state index in [-0.39, 0.29) is 0 Å². The zero-order chi connectivity index (χ0) is 10.8. The average molecular weight is 203 g/mol. The number of benzene rings is 1. The van der Waals surface area contributed by atoms with Crippen LogP contribution in [0.3, 0.4) is 0 Å². The van der Waals surface area contributed by atoms with Crippen molar-refractivity contribution in [2.24, 2.45) is 0 Å². The SMILES string of the molecule is CCc1ccc2c(c1)CCCN2C(C)C. The van der Waals surface area contributed by atoms with E-state index >= 15 is 0 Å². The Bertz CT molecular complexity index is 341. The molecule has 1 heterocycles. The van der Waals surface area contributed by atoms with Crippen molar-refractivity contribution in [1.82, 2.24) is 0 Å². The fourth-order valence-corrected chi connectivity index (χ4v) is 2.44. The molecule has 0 unspecified atom stereocenters. The first-order valence-corrected chi connectivity index (χ1v) is 6.10. The summed E-state index contributed by atoms with van der Waals surface area (Å²) in [6, 6.07) is 7.60. The van der Waals surface area contributed by atoms with E-state index in [0.29, 0.717) is 6.04 Å². The molecule has 1 aromatic rings. The molecule has 0 radical (unpaired) electrons. The van der Waals surface area contributed by atoms with Crippen LogP contribution in [-0.2, 0) is 12.8 Å². The van der Waals surface area contributed by atoms with E-state index in [2.05, 4.69) is 43.9 Å². The Morgan fingerprint density at radius 2 is 2.13 bits per heavy atom. The predicted molar refractivity (Wildman–Crippen MR) is 66.6 cm³/mol. The Labute approximate surface area is 93.1 Å². The van der Waals surface area contributed by atoms with Gasteiger partial charge in [0.15, 0.2) is 0 Å². The molecule has 1 aliphatic rings. The summed E-state index contributed by atoms with van der Waals surface area (Å²) in [5.74, 6) is 0. The number of anilines is 1. The molecule has 1 aliphatic heterocycles. The predicted octanol–water partition coefficient (Wildman–Crippen LogP) is 3.41. The van der Waals surface area contributed by atoms with Crippen LogP contribution in [0, 0.1) is 0 Å². The van der Waals surface area contributed by atoms with Gasteiger partial charge in [-0.3, -0.25) is 0 Å². The third kappa shape index (κ3) is 2.01. The van der Waals surface area contributed by atoms with Crippen LogP contribution in [0.25, 0.3) is 0 Å². The summed E-state index contributed by atoms with van der Waals surface area (Å²) in [4.78, 5) is 2.53. The molecule has 0 saturated heterocycles. The molecular weight excluding hydrogens is 182 g/mol. The van der Waals surface area contributed by atoms with Gasteiger partial charge in [-0.15, -0.1) is 0 Å². The van der Waals surface area contributed by atoms with Crippen molar-refractivity contribution in [3.63, 3.8) is 0 Å². The summed E-state index contributed by atoms with van der Waals surface area (Å²) in [7, 11) is 0. The number of hydrogen-bond acceptors (Lipinski definition) is 1. The maximum atomic E-state index is 2.53. The van der Waals surface area contributed by atoms with Crippen molar-refractivity contribution in [3.05, 3.63) is 29.3 Å². The summed E-state index contributed by atoms with van der Waals surface area (Å²) in [6.45, 7) is 8.01. The van der Waals surface area contributed by atoms with Gasteiger partial charge in [0, 0.05) is 18.3 Å². The van der Waals surface area contributed by atoms with Gasteiger partial charge in [0.1, 0.15) is 0 Å². The van der Waals surface area contributed by atoms with Crippen molar-refractivity contribution >= 4 is 5.69 Å². The first kappa shape index (κ1) is 10.5. The Balaban J connectivity index is 2.36. The van der Waals surface area contributed by atoms with Gasteiger partial charge in [-0.05, 0) is 50.3 Å². The van der Waals surface area contributed by atoms with Gasteiger partial charge >= 0.3 is 0 Å². The van der Waals surface area contributed by atoms with Crippen LogP contribution in [0.2, 0.25) is 0 Å². The minimum atomic E-state index is 0.622. The maximum absolute atomic E-state index is 2.53. The summed E-state index contributed by atoms with van der Waals surface area (Å²) in [6.07, 6.45) is 3.71. The standard InChI is InChI=1S/C14H21N/c1-4-12-7-8-14-13(10-12)6-5-9-15(14)11(2)3/h7-8,10-11H,4-6,9H2,1-3H3. The lowest BCUT2D eigenvalue weighted by atomic mass is 9.97. The minimum absolute atomic E-state index is 0.622. The smallest absolute Gasteiger partial charge is 0.0401 e. The van der Waals surface area contributed by atoms with Gasteiger partial charge in [0.2, 0.25) is 0 Å². The van der Waals surface area contributed by atoms with Gasteiger partial charge < -0.3 is 4.90 Å². The highest BCUT2D eigenvalue weighted by atomic mass is 15.2. The fraction of sp³-hybridized carbons (Fsp3) is 0.571. The number of nitrogens with zero attached hydrogens (tertiary/aromatic N) is 1. The van der Waals surface area contributed by atoms with Gasteiger partial charge in [-0.2, -0.15) is 0 Å². The highest BCUT2D eigenvalue weighted by Crippen LogP contribution is 2.29. The van der Waals surface area contributed by atoms with Crippen molar-refractivity contribution in [1.29, 1.82) is 0 Å². The molecule has 0 spiro atoms. The largest absolute Gasteiger partial charge is 0.369 e. The maximum Gasteiger partial charge on any atom is 0.0401 e. The fourth-order valence-electron chi connectivity index (χ4n) is 2.44. The second kappa shape index (κ2) is 4.26. The van der Waals surface area contributed by atoms with E-state index in [9.17, 15) is 0 Å². The molecule has 0 amide bonds. The lowest BCUT2D eigenvalue weighted by Crippen LogP contribution is -2.35. The van der Waals surface area contributed by atoms with Crippen LogP contribution < -0.4 is 4.90 Å². The van der Waals surface area contributed by atoms with Crippen LogP contribution >= 0.6 is 0 Å². The summed E-state index contributed by atoms with van der Waals surface area (Å²) >= 11 is 0. The van der Waals surface area contributed by atoms with E-state index in [4.69, 9.17) is 0 Å². The second-order valence-electron chi connectivity index (χ2n) is 4.71. The normalized spacial score (nSPS) is 15.6. The lowest BCUT2D eigenvalue weighted by Gasteiger charge is -2.35. The number of hydrogen-bond donors (Lipinski definition) is 0. The van der Waals surface area contributed by atoms with E-state index in [1.165, 1.54) is 30.6 Å². The first-order chi connectivity index (χ1) is 7.22. The van der Waals surface area contributed by atoms with Crippen molar-refractivity contribution in [2.45, 2.75) is 46.1 Å². The van der Waals surface area contributed by atoms with Crippen LogP contribution in [-0.4, -0.2) is 12.6 Å². The second-order valence-corrected chi connectivity index (χ2v) is 4.71. The molecule has 0 saturated carbocycles.